The van der Waals surface area contributed by atoms with Crippen LogP contribution in [0.15, 0.2) is 22.7 Å². The lowest BCUT2D eigenvalue weighted by Gasteiger charge is -2.10. The number of hydrogen-bond donors (Lipinski definition) is 2. The first kappa shape index (κ1) is 12.7. The molecule has 0 radical (unpaired) electrons. The van der Waals surface area contributed by atoms with Crippen LogP contribution in [0.5, 0.6) is 5.75 Å². The first-order valence-corrected chi connectivity index (χ1v) is 6.71. The highest BCUT2D eigenvalue weighted by Gasteiger charge is 2.29. The van der Waals surface area contributed by atoms with Crippen molar-refractivity contribution in [3.8, 4) is 5.75 Å². The van der Waals surface area contributed by atoms with Crippen LogP contribution in [0.4, 0.5) is 0 Å². The Labute approximate surface area is 113 Å². The van der Waals surface area contributed by atoms with E-state index in [4.69, 9.17) is 11.6 Å². The van der Waals surface area contributed by atoms with Crippen LogP contribution in [-0.4, -0.2) is 22.9 Å². The molecule has 1 atom stereocenters. The van der Waals surface area contributed by atoms with Gasteiger partial charge in [0, 0.05) is 11.0 Å². The molecule has 1 aromatic rings. The highest BCUT2D eigenvalue weighted by atomic mass is 79.9. The molecule has 0 aliphatic heterocycles. The molecule has 3 nitrogen and oxygen atoms in total. The van der Waals surface area contributed by atoms with Gasteiger partial charge in [-0.3, -0.25) is 4.79 Å². The van der Waals surface area contributed by atoms with E-state index in [2.05, 4.69) is 21.2 Å². The SMILES string of the molecule is O=C(NCC(Cl)C1CC1)c1cc(Br)ccc1O. The Hall–Kier alpha value is -0.740. The zero-order chi connectivity index (χ0) is 12.4. The summed E-state index contributed by atoms with van der Waals surface area (Å²) in [5, 5.41) is 12.3. The molecule has 1 aliphatic carbocycles. The number of halogens is 2. The molecule has 0 spiro atoms. The molecule has 0 heterocycles. The van der Waals surface area contributed by atoms with Gasteiger partial charge in [0.25, 0.3) is 5.91 Å². The number of phenols is 1. The molecule has 1 unspecified atom stereocenters. The summed E-state index contributed by atoms with van der Waals surface area (Å²) in [5.41, 5.74) is 0.263. The summed E-state index contributed by atoms with van der Waals surface area (Å²) in [6.45, 7) is 0.441. The van der Waals surface area contributed by atoms with Gasteiger partial charge in [0.2, 0.25) is 0 Å². The van der Waals surface area contributed by atoms with Crippen molar-refractivity contribution in [2.75, 3.05) is 6.54 Å². The fourth-order valence-corrected chi connectivity index (χ4v) is 2.29. The monoisotopic (exact) mass is 317 g/mol. The number of hydrogen-bond acceptors (Lipinski definition) is 2. The molecule has 1 amide bonds. The molecule has 5 heteroatoms. The van der Waals surface area contributed by atoms with Gasteiger partial charge < -0.3 is 10.4 Å². The Kier molecular flexibility index (Phi) is 3.94. The summed E-state index contributed by atoms with van der Waals surface area (Å²) < 4.78 is 0.755. The fourth-order valence-electron chi connectivity index (χ4n) is 1.60. The third kappa shape index (κ3) is 3.36. The predicted octanol–water partition coefficient (Wildman–Crippen LogP) is 2.90. The van der Waals surface area contributed by atoms with E-state index in [1.54, 1.807) is 12.1 Å². The molecule has 1 saturated carbocycles. The second-order valence-corrected chi connectivity index (χ2v) is 5.70. The number of carbonyl (C=O) groups is 1. The van der Waals surface area contributed by atoms with E-state index in [1.165, 1.54) is 6.07 Å². The fraction of sp³-hybridized carbons (Fsp3) is 0.417. The van der Waals surface area contributed by atoms with Crippen LogP contribution in [0.2, 0.25) is 0 Å². The van der Waals surface area contributed by atoms with E-state index in [1.807, 2.05) is 0 Å². The van der Waals surface area contributed by atoms with Crippen molar-refractivity contribution < 1.29 is 9.90 Å². The number of rotatable bonds is 4. The van der Waals surface area contributed by atoms with Gasteiger partial charge >= 0.3 is 0 Å². The molecule has 1 aliphatic rings. The highest BCUT2D eigenvalue weighted by molar-refractivity contribution is 9.10. The Morgan fingerprint density at radius 2 is 2.29 bits per heavy atom. The number of nitrogens with one attached hydrogen (secondary N) is 1. The van der Waals surface area contributed by atoms with Gasteiger partial charge in [-0.25, -0.2) is 0 Å². The first-order valence-electron chi connectivity index (χ1n) is 5.48. The number of phenolic OH excluding ortho intramolecular Hbond substituents is 1. The normalized spacial score (nSPS) is 16.6. The topological polar surface area (TPSA) is 49.3 Å². The van der Waals surface area contributed by atoms with Crippen molar-refractivity contribution >= 4 is 33.4 Å². The summed E-state index contributed by atoms with van der Waals surface area (Å²) >= 11 is 9.36. The average Bonchev–Trinajstić information content (AvgIpc) is 3.12. The van der Waals surface area contributed by atoms with Crippen LogP contribution >= 0.6 is 27.5 Å². The van der Waals surface area contributed by atoms with Crippen LogP contribution in [0.25, 0.3) is 0 Å². The first-order chi connectivity index (χ1) is 8.08. The molecular formula is C12H13BrClNO2. The van der Waals surface area contributed by atoms with Crippen LogP contribution in [0.3, 0.4) is 0 Å². The van der Waals surface area contributed by atoms with Crippen molar-refractivity contribution in [2.45, 2.75) is 18.2 Å². The Morgan fingerprint density at radius 3 is 2.94 bits per heavy atom. The molecule has 17 heavy (non-hydrogen) atoms. The lowest BCUT2D eigenvalue weighted by molar-refractivity contribution is 0.0950. The van der Waals surface area contributed by atoms with Gasteiger partial charge in [0.05, 0.1) is 10.9 Å². The van der Waals surface area contributed by atoms with Crippen molar-refractivity contribution in [2.24, 2.45) is 5.92 Å². The maximum absolute atomic E-state index is 11.8. The minimum atomic E-state index is -0.296. The van der Waals surface area contributed by atoms with Crippen LogP contribution in [0, 0.1) is 5.92 Å². The van der Waals surface area contributed by atoms with Crippen molar-refractivity contribution in [3.63, 3.8) is 0 Å². The number of alkyl halides is 1. The second-order valence-electron chi connectivity index (χ2n) is 4.22. The van der Waals surface area contributed by atoms with E-state index in [-0.39, 0.29) is 22.6 Å². The Bertz CT molecular complexity index is 435. The zero-order valence-electron chi connectivity index (χ0n) is 9.12. The van der Waals surface area contributed by atoms with E-state index >= 15 is 0 Å². The molecule has 0 aromatic heterocycles. The van der Waals surface area contributed by atoms with E-state index in [9.17, 15) is 9.90 Å². The largest absolute Gasteiger partial charge is 0.507 e. The smallest absolute Gasteiger partial charge is 0.255 e. The number of aromatic hydroxyl groups is 1. The van der Waals surface area contributed by atoms with Crippen molar-refractivity contribution in [1.82, 2.24) is 5.32 Å². The number of carbonyl (C=O) groups excluding carboxylic acids is 1. The molecule has 92 valence electrons. The lowest BCUT2D eigenvalue weighted by atomic mass is 10.2. The minimum absolute atomic E-state index is 0.00625. The summed E-state index contributed by atoms with van der Waals surface area (Å²) in [5.74, 6) is 0.214. The van der Waals surface area contributed by atoms with Gasteiger partial charge in [-0.05, 0) is 37.0 Å². The van der Waals surface area contributed by atoms with E-state index < -0.39 is 0 Å². The number of benzene rings is 1. The average molecular weight is 319 g/mol. The van der Waals surface area contributed by atoms with Gasteiger partial charge in [-0.2, -0.15) is 0 Å². The Morgan fingerprint density at radius 1 is 1.59 bits per heavy atom. The highest BCUT2D eigenvalue weighted by Crippen LogP contribution is 2.35. The summed E-state index contributed by atoms with van der Waals surface area (Å²) in [4.78, 5) is 11.8. The molecule has 2 rings (SSSR count). The summed E-state index contributed by atoms with van der Waals surface area (Å²) in [7, 11) is 0. The van der Waals surface area contributed by atoms with E-state index in [0.29, 0.717) is 12.5 Å². The Balaban J connectivity index is 1.96. The van der Waals surface area contributed by atoms with E-state index in [0.717, 1.165) is 17.3 Å². The van der Waals surface area contributed by atoms with Crippen LogP contribution in [-0.2, 0) is 0 Å². The zero-order valence-corrected chi connectivity index (χ0v) is 11.5. The minimum Gasteiger partial charge on any atom is -0.507 e. The summed E-state index contributed by atoms with van der Waals surface area (Å²) in [6, 6.07) is 4.75. The standard InChI is InChI=1S/C12H13BrClNO2/c13-8-3-4-11(16)9(5-8)12(17)15-6-10(14)7-1-2-7/h3-5,7,10,16H,1-2,6H2,(H,15,17). The lowest BCUT2D eigenvalue weighted by Crippen LogP contribution is -2.30. The molecular weight excluding hydrogens is 305 g/mol. The van der Waals surface area contributed by atoms with Gasteiger partial charge in [0.1, 0.15) is 5.75 Å². The predicted molar refractivity (Wildman–Crippen MR) is 70.5 cm³/mol. The molecule has 0 saturated heterocycles. The third-order valence-electron chi connectivity index (χ3n) is 2.79. The number of amides is 1. The van der Waals surface area contributed by atoms with Gasteiger partial charge in [0.15, 0.2) is 0 Å². The van der Waals surface area contributed by atoms with Crippen LogP contribution in [0.1, 0.15) is 23.2 Å². The molecule has 0 bridgehead atoms. The van der Waals surface area contributed by atoms with Crippen LogP contribution < -0.4 is 5.32 Å². The maximum Gasteiger partial charge on any atom is 0.255 e. The van der Waals surface area contributed by atoms with Gasteiger partial charge in [-0.1, -0.05) is 15.9 Å². The second kappa shape index (κ2) is 5.27. The van der Waals surface area contributed by atoms with Gasteiger partial charge in [-0.15, -0.1) is 11.6 Å². The van der Waals surface area contributed by atoms with Crippen molar-refractivity contribution in [1.29, 1.82) is 0 Å². The quantitative estimate of drug-likeness (QED) is 0.839. The summed E-state index contributed by atoms with van der Waals surface area (Å²) in [6.07, 6.45) is 2.29. The molecule has 2 N–H and O–H groups in total. The molecule has 1 fully saturated rings. The molecule has 1 aromatic carbocycles. The van der Waals surface area contributed by atoms with Crippen molar-refractivity contribution in [3.05, 3.63) is 28.2 Å². The third-order valence-corrected chi connectivity index (χ3v) is 3.80. The maximum atomic E-state index is 11.8.